The number of nitro groups is 1. The number of hydrogen-bond donors (Lipinski definition) is 0. The predicted octanol–water partition coefficient (Wildman–Crippen LogP) is 5.87. The summed E-state index contributed by atoms with van der Waals surface area (Å²) in [4.78, 5) is 28.4. The fourth-order valence-corrected chi connectivity index (χ4v) is 4.47. The summed E-state index contributed by atoms with van der Waals surface area (Å²) >= 11 is 6.30. The lowest BCUT2D eigenvalue weighted by molar-refractivity contribution is -0.384. The Bertz CT molecular complexity index is 1130. The van der Waals surface area contributed by atoms with Crippen molar-refractivity contribution in [1.29, 1.82) is 0 Å². The summed E-state index contributed by atoms with van der Waals surface area (Å²) in [6, 6.07) is 22.1. The normalized spacial score (nSPS) is 14.7. The average molecular weight is 464 g/mol. The van der Waals surface area contributed by atoms with Crippen LogP contribution in [0.4, 0.5) is 11.4 Å². The van der Waals surface area contributed by atoms with Crippen molar-refractivity contribution in [3.8, 4) is 0 Å². The van der Waals surface area contributed by atoms with Gasteiger partial charge in [0.25, 0.3) is 11.6 Å². The Labute approximate surface area is 198 Å². The number of hydrogen-bond acceptors (Lipinski definition) is 4. The third-order valence-corrected chi connectivity index (χ3v) is 6.48. The number of anilines is 1. The highest BCUT2D eigenvalue weighted by Gasteiger charge is 2.30. The molecule has 0 aromatic heterocycles. The van der Waals surface area contributed by atoms with Crippen molar-refractivity contribution in [2.24, 2.45) is 0 Å². The number of para-hydroxylation sites is 1. The van der Waals surface area contributed by atoms with E-state index in [1.807, 2.05) is 66.4 Å². The molecule has 1 amide bonds. The van der Waals surface area contributed by atoms with Crippen molar-refractivity contribution in [2.45, 2.75) is 32.4 Å². The summed E-state index contributed by atoms with van der Waals surface area (Å²) in [5.41, 5.74) is 3.48. The number of carbonyl (C=O) groups is 1. The van der Waals surface area contributed by atoms with E-state index in [-0.39, 0.29) is 17.6 Å². The molecule has 0 unspecified atom stereocenters. The first-order chi connectivity index (χ1) is 15.9. The topological polar surface area (TPSA) is 66.7 Å². The number of aryl methyl sites for hydroxylation is 1. The Kier molecular flexibility index (Phi) is 7.06. The molecule has 1 fully saturated rings. The molecule has 7 heteroatoms. The lowest BCUT2D eigenvalue weighted by atomic mass is 10.00. The smallest absolute Gasteiger partial charge is 0.269 e. The minimum atomic E-state index is -0.402. The number of benzene rings is 3. The van der Waals surface area contributed by atoms with Gasteiger partial charge in [-0.1, -0.05) is 47.5 Å². The van der Waals surface area contributed by atoms with Crippen LogP contribution in [0.1, 0.15) is 34.3 Å². The van der Waals surface area contributed by atoms with E-state index in [0.717, 1.165) is 42.7 Å². The fraction of sp³-hybridized carbons (Fsp3) is 0.269. The standard InChI is InChI=1S/C26H26ClN3O3/c1-19-7-9-20(10-8-19)26(31)29(22-5-3-2-4-6-22)23-13-15-28(16-14-23)18-21-17-24(30(32)33)11-12-25(21)27/h2-12,17,23H,13-16,18H2,1H3. The highest BCUT2D eigenvalue weighted by molar-refractivity contribution is 6.31. The van der Waals surface area contributed by atoms with Gasteiger partial charge in [-0.15, -0.1) is 0 Å². The quantitative estimate of drug-likeness (QED) is 0.339. The van der Waals surface area contributed by atoms with Crippen molar-refractivity contribution in [3.63, 3.8) is 0 Å². The van der Waals surface area contributed by atoms with Crippen LogP contribution >= 0.6 is 11.6 Å². The number of rotatable bonds is 6. The zero-order valence-electron chi connectivity index (χ0n) is 18.5. The van der Waals surface area contributed by atoms with E-state index >= 15 is 0 Å². The third kappa shape index (κ3) is 5.41. The molecule has 0 atom stereocenters. The van der Waals surface area contributed by atoms with Gasteiger partial charge in [0, 0.05) is 54.1 Å². The molecule has 0 radical (unpaired) electrons. The molecule has 3 aromatic rings. The highest BCUT2D eigenvalue weighted by atomic mass is 35.5. The maximum atomic E-state index is 13.5. The van der Waals surface area contributed by atoms with Crippen molar-refractivity contribution in [1.82, 2.24) is 4.90 Å². The molecule has 6 nitrogen and oxygen atoms in total. The van der Waals surface area contributed by atoms with E-state index in [2.05, 4.69) is 4.90 Å². The van der Waals surface area contributed by atoms with Gasteiger partial charge in [0.2, 0.25) is 0 Å². The summed E-state index contributed by atoms with van der Waals surface area (Å²) in [6.45, 7) is 4.10. The fourth-order valence-electron chi connectivity index (χ4n) is 4.29. The molecule has 33 heavy (non-hydrogen) atoms. The lowest BCUT2D eigenvalue weighted by Crippen LogP contribution is -2.47. The maximum Gasteiger partial charge on any atom is 0.269 e. The first-order valence-electron chi connectivity index (χ1n) is 11.0. The first kappa shape index (κ1) is 23.0. The number of nitrogens with zero attached hydrogens (tertiary/aromatic N) is 3. The number of carbonyl (C=O) groups excluding carboxylic acids is 1. The largest absolute Gasteiger partial charge is 0.305 e. The first-order valence-corrected chi connectivity index (χ1v) is 11.4. The minimum absolute atomic E-state index is 0.00128. The number of piperidine rings is 1. The summed E-state index contributed by atoms with van der Waals surface area (Å²) < 4.78 is 0. The number of non-ortho nitro benzene ring substituents is 1. The average Bonchev–Trinajstić information content (AvgIpc) is 2.82. The van der Waals surface area contributed by atoms with Crippen LogP contribution in [-0.2, 0) is 6.54 Å². The molecule has 0 aliphatic carbocycles. The van der Waals surface area contributed by atoms with Crippen molar-refractivity contribution >= 4 is 28.9 Å². The molecule has 0 bridgehead atoms. The minimum Gasteiger partial charge on any atom is -0.305 e. The van der Waals surface area contributed by atoms with Gasteiger partial charge in [0.1, 0.15) is 0 Å². The highest BCUT2D eigenvalue weighted by Crippen LogP contribution is 2.28. The second-order valence-corrected chi connectivity index (χ2v) is 8.82. The van der Waals surface area contributed by atoms with Crippen LogP contribution in [0.2, 0.25) is 5.02 Å². The number of amides is 1. The summed E-state index contributed by atoms with van der Waals surface area (Å²) in [5, 5.41) is 11.7. The molecule has 0 saturated carbocycles. The summed E-state index contributed by atoms with van der Waals surface area (Å²) in [5.74, 6) is 0.00128. The van der Waals surface area contributed by atoms with Gasteiger partial charge in [-0.2, -0.15) is 0 Å². The van der Waals surface area contributed by atoms with Crippen LogP contribution < -0.4 is 4.90 Å². The second-order valence-electron chi connectivity index (χ2n) is 8.42. The molecule has 1 saturated heterocycles. The lowest BCUT2D eigenvalue weighted by Gasteiger charge is -2.38. The molecule has 1 heterocycles. The molecular weight excluding hydrogens is 438 g/mol. The molecule has 0 N–H and O–H groups in total. The zero-order valence-corrected chi connectivity index (χ0v) is 19.2. The third-order valence-electron chi connectivity index (χ3n) is 6.11. The predicted molar refractivity (Wildman–Crippen MR) is 131 cm³/mol. The van der Waals surface area contributed by atoms with Crippen molar-refractivity contribution < 1.29 is 9.72 Å². The molecule has 170 valence electrons. The van der Waals surface area contributed by atoms with E-state index < -0.39 is 4.92 Å². The van der Waals surface area contributed by atoms with E-state index in [4.69, 9.17) is 11.6 Å². The van der Waals surface area contributed by atoms with Gasteiger partial charge >= 0.3 is 0 Å². The van der Waals surface area contributed by atoms with Crippen LogP contribution in [-0.4, -0.2) is 34.9 Å². The van der Waals surface area contributed by atoms with Gasteiger partial charge < -0.3 is 4.90 Å². The SMILES string of the molecule is Cc1ccc(C(=O)N(c2ccccc2)C2CCN(Cc3cc([N+](=O)[O-])ccc3Cl)CC2)cc1. The van der Waals surface area contributed by atoms with Crippen molar-refractivity contribution in [2.75, 3.05) is 18.0 Å². The van der Waals surface area contributed by atoms with Gasteiger partial charge in [0.15, 0.2) is 0 Å². The van der Waals surface area contributed by atoms with Crippen molar-refractivity contribution in [3.05, 3.63) is 105 Å². The van der Waals surface area contributed by atoms with E-state index in [0.29, 0.717) is 17.1 Å². The number of nitro benzene ring substituents is 1. The van der Waals surface area contributed by atoms with Gasteiger partial charge in [-0.3, -0.25) is 19.8 Å². The summed E-state index contributed by atoms with van der Waals surface area (Å²) in [6.07, 6.45) is 1.61. The van der Waals surface area contributed by atoms with Crippen LogP contribution in [0.25, 0.3) is 0 Å². The second kappa shape index (κ2) is 10.1. The monoisotopic (exact) mass is 463 g/mol. The van der Waals surface area contributed by atoms with E-state index in [1.165, 1.54) is 6.07 Å². The van der Waals surface area contributed by atoms with Crippen LogP contribution in [0.3, 0.4) is 0 Å². The number of halogens is 1. The van der Waals surface area contributed by atoms with Gasteiger partial charge in [-0.05, 0) is 55.7 Å². The summed E-state index contributed by atoms with van der Waals surface area (Å²) in [7, 11) is 0. The van der Waals surface area contributed by atoms with Gasteiger partial charge in [-0.25, -0.2) is 0 Å². The molecule has 1 aliphatic heterocycles. The Balaban J connectivity index is 1.50. The maximum absolute atomic E-state index is 13.5. The Morgan fingerprint density at radius 2 is 1.73 bits per heavy atom. The van der Waals surface area contributed by atoms with Crippen LogP contribution in [0.15, 0.2) is 72.8 Å². The molecule has 0 spiro atoms. The Morgan fingerprint density at radius 1 is 1.06 bits per heavy atom. The van der Waals surface area contributed by atoms with Gasteiger partial charge in [0.05, 0.1) is 4.92 Å². The van der Waals surface area contributed by atoms with E-state index in [1.54, 1.807) is 12.1 Å². The molecule has 3 aromatic carbocycles. The molecule has 1 aliphatic rings. The van der Waals surface area contributed by atoms with E-state index in [9.17, 15) is 14.9 Å². The zero-order chi connectivity index (χ0) is 23.4. The Morgan fingerprint density at radius 3 is 2.36 bits per heavy atom. The molecule has 4 rings (SSSR count). The molecular formula is C26H26ClN3O3. The Hall–Kier alpha value is -3.22. The van der Waals surface area contributed by atoms with Crippen LogP contribution in [0.5, 0.6) is 0 Å². The number of likely N-dealkylation sites (tertiary alicyclic amines) is 1. The van der Waals surface area contributed by atoms with Crippen LogP contribution in [0, 0.1) is 17.0 Å².